The molecule has 1 fully saturated rings. The minimum absolute atomic E-state index is 0.0301. The summed E-state index contributed by atoms with van der Waals surface area (Å²) >= 11 is 0. The number of benzene rings is 1. The van der Waals surface area contributed by atoms with Gasteiger partial charge >= 0.3 is 0 Å². The van der Waals surface area contributed by atoms with Crippen molar-refractivity contribution >= 4 is 17.6 Å². The molecule has 2 amide bonds. The average Bonchev–Trinajstić information content (AvgIpc) is 2.78. The number of aryl methyl sites for hydroxylation is 1. The maximum Gasteiger partial charge on any atom is 0.272 e. The first-order chi connectivity index (χ1) is 13.2. The second-order valence-electron chi connectivity index (χ2n) is 7.30. The summed E-state index contributed by atoms with van der Waals surface area (Å²) in [5, 5.41) is 10.7. The third-order valence-corrected chi connectivity index (χ3v) is 5.40. The van der Waals surface area contributed by atoms with E-state index in [0.29, 0.717) is 17.9 Å². The normalized spacial score (nSPS) is 24.0. The Morgan fingerprint density at radius 1 is 1.46 bits per heavy atom. The molecule has 1 aromatic carbocycles. The van der Waals surface area contributed by atoms with Gasteiger partial charge in [-0.2, -0.15) is 0 Å². The molecule has 28 heavy (non-hydrogen) atoms. The largest absolute Gasteiger partial charge is 0.487 e. The Labute approximate surface area is 162 Å². The van der Waals surface area contributed by atoms with Crippen LogP contribution in [0.4, 0.5) is 8.78 Å². The molecular weight excluding hydrogens is 368 g/mol. The van der Waals surface area contributed by atoms with Crippen LogP contribution in [-0.2, 0) is 9.59 Å². The number of amides is 2. The number of rotatable bonds is 6. The molecule has 1 heterocycles. The molecular formula is C20H23F2N3O3. The van der Waals surface area contributed by atoms with Crippen LogP contribution in [0.1, 0.15) is 31.0 Å². The van der Waals surface area contributed by atoms with Crippen LogP contribution in [0.2, 0.25) is 0 Å². The average molecular weight is 391 g/mol. The zero-order chi connectivity index (χ0) is 20.6. The molecule has 0 spiro atoms. The maximum absolute atomic E-state index is 12.9. The summed E-state index contributed by atoms with van der Waals surface area (Å²) < 4.78 is 29.8. The molecule has 1 aliphatic heterocycles. The zero-order valence-electron chi connectivity index (χ0n) is 16.0. The van der Waals surface area contributed by atoms with E-state index in [4.69, 9.17) is 10.1 Å². The smallest absolute Gasteiger partial charge is 0.272 e. The van der Waals surface area contributed by atoms with Crippen molar-refractivity contribution in [3.05, 3.63) is 41.5 Å². The van der Waals surface area contributed by atoms with E-state index in [2.05, 4.69) is 5.32 Å². The van der Waals surface area contributed by atoms with Gasteiger partial charge < -0.3 is 15.0 Å². The minimum atomic E-state index is -2.54. The molecule has 0 saturated carbocycles. The number of fused-ring (bicyclic) bond motifs is 1. The van der Waals surface area contributed by atoms with Gasteiger partial charge in [-0.25, -0.2) is 8.78 Å². The van der Waals surface area contributed by atoms with E-state index >= 15 is 0 Å². The van der Waals surface area contributed by atoms with Crippen molar-refractivity contribution in [3.8, 4) is 5.75 Å². The van der Waals surface area contributed by atoms with Gasteiger partial charge in [0, 0.05) is 13.5 Å². The van der Waals surface area contributed by atoms with Gasteiger partial charge in [0.05, 0.1) is 17.4 Å². The number of carbonyl (C=O) groups excluding carboxylic acids is 2. The van der Waals surface area contributed by atoms with E-state index in [1.165, 1.54) is 6.92 Å². The fourth-order valence-electron chi connectivity index (χ4n) is 3.78. The van der Waals surface area contributed by atoms with Crippen LogP contribution >= 0.6 is 0 Å². The molecule has 6 nitrogen and oxygen atoms in total. The molecule has 3 atom stereocenters. The van der Waals surface area contributed by atoms with E-state index in [1.807, 2.05) is 13.0 Å². The number of amidine groups is 1. The lowest BCUT2D eigenvalue weighted by Gasteiger charge is -2.36. The van der Waals surface area contributed by atoms with Gasteiger partial charge in [-0.3, -0.25) is 15.0 Å². The first kappa shape index (κ1) is 20.0. The summed E-state index contributed by atoms with van der Waals surface area (Å²) in [5.41, 5.74) is 0.753. The summed E-state index contributed by atoms with van der Waals surface area (Å²) in [6, 6.07) is 4.93. The van der Waals surface area contributed by atoms with Crippen molar-refractivity contribution in [2.75, 3.05) is 13.2 Å². The van der Waals surface area contributed by atoms with Crippen molar-refractivity contribution in [1.82, 2.24) is 10.2 Å². The van der Waals surface area contributed by atoms with Crippen molar-refractivity contribution in [2.45, 2.75) is 33.2 Å². The number of ether oxygens (including phenoxy) is 1. The Bertz CT molecular complexity index is 855. The van der Waals surface area contributed by atoms with E-state index in [1.54, 1.807) is 36.1 Å². The van der Waals surface area contributed by atoms with Crippen molar-refractivity contribution in [2.24, 2.45) is 11.3 Å². The lowest BCUT2D eigenvalue weighted by atomic mass is 9.68. The fraction of sp³-hybridized carbons (Fsp3) is 0.450. The molecule has 150 valence electrons. The van der Waals surface area contributed by atoms with Gasteiger partial charge in [0.15, 0.2) is 0 Å². The van der Waals surface area contributed by atoms with Gasteiger partial charge in [0.1, 0.15) is 18.2 Å². The molecule has 8 heteroatoms. The highest BCUT2D eigenvalue weighted by Gasteiger charge is 2.58. The van der Waals surface area contributed by atoms with Gasteiger partial charge in [-0.05, 0) is 31.0 Å². The SMILES string of the molecule is CC(=O)NC(=N)[C@]12C=CC1C(=O)N(C(C)c1ccc(OCC(F)F)c(C)c1)C2. The van der Waals surface area contributed by atoms with Crippen LogP contribution in [0.15, 0.2) is 30.4 Å². The molecule has 2 N–H and O–H groups in total. The number of halogens is 2. The molecule has 0 bridgehead atoms. The van der Waals surface area contributed by atoms with Crippen LogP contribution in [0.25, 0.3) is 0 Å². The molecule has 0 aromatic heterocycles. The topological polar surface area (TPSA) is 82.5 Å². The number of hydrogen-bond acceptors (Lipinski definition) is 4. The van der Waals surface area contributed by atoms with Crippen LogP contribution in [0, 0.1) is 23.7 Å². The number of likely N-dealkylation sites (tertiary alicyclic amines) is 1. The molecule has 1 aliphatic carbocycles. The Morgan fingerprint density at radius 3 is 2.71 bits per heavy atom. The van der Waals surface area contributed by atoms with Crippen LogP contribution in [0.3, 0.4) is 0 Å². The number of hydrogen-bond donors (Lipinski definition) is 2. The Hall–Kier alpha value is -2.77. The van der Waals surface area contributed by atoms with E-state index in [9.17, 15) is 18.4 Å². The lowest BCUT2D eigenvalue weighted by Crippen LogP contribution is -2.49. The predicted octanol–water partition coefficient (Wildman–Crippen LogP) is 2.83. The Balaban J connectivity index is 1.77. The first-order valence-corrected chi connectivity index (χ1v) is 9.03. The molecule has 2 aliphatic rings. The zero-order valence-corrected chi connectivity index (χ0v) is 16.0. The molecule has 2 unspecified atom stereocenters. The second-order valence-corrected chi connectivity index (χ2v) is 7.30. The molecule has 3 rings (SSSR count). The Morgan fingerprint density at radius 2 is 2.18 bits per heavy atom. The molecule has 1 saturated heterocycles. The van der Waals surface area contributed by atoms with E-state index < -0.39 is 24.4 Å². The summed E-state index contributed by atoms with van der Waals surface area (Å²) in [6.45, 7) is 4.62. The summed E-state index contributed by atoms with van der Waals surface area (Å²) in [7, 11) is 0. The van der Waals surface area contributed by atoms with Gasteiger partial charge in [0.25, 0.3) is 6.43 Å². The van der Waals surface area contributed by atoms with Crippen molar-refractivity contribution in [1.29, 1.82) is 5.41 Å². The van der Waals surface area contributed by atoms with Crippen molar-refractivity contribution in [3.63, 3.8) is 0 Å². The Kier molecular flexibility index (Phi) is 5.23. The minimum Gasteiger partial charge on any atom is -0.487 e. The number of alkyl halides is 2. The third-order valence-electron chi connectivity index (χ3n) is 5.40. The number of carbonyl (C=O) groups is 2. The first-order valence-electron chi connectivity index (χ1n) is 9.03. The highest BCUT2D eigenvalue weighted by molar-refractivity contribution is 6.06. The van der Waals surface area contributed by atoms with E-state index in [0.717, 1.165) is 5.56 Å². The monoisotopic (exact) mass is 391 g/mol. The van der Waals surface area contributed by atoms with Gasteiger partial charge in [-0.1, -0.05) is 24.3 Å². The quantitative estimate of drug-likeness (QED) is 0.444. The summed E-state index contributed by atoms with van der Waals surface area (Å²) in [6.07, 6.45) is 1.02. The highest BCUT2D eigenvalue weighted by Crippen LogP contribution is 2.49. The predicted molar refractivity (Wildman–Crippen MR) is 99.4 cm³/mol. The fourth-order valence-corrected chi connectivity index (χ4v) is 3.78. The van der Waals surface area contributed by atoms with Crippen molar-refractivity contribution < 1.29 is 23.1 Å². The van der Waals surface area contributed by atoms with Gasteiger partial charge in [-0.15, -0.1) is 0 Å². The van der Waals surface area contributed by atoms with E-state index in [-0.39, 0.29) is 23.7 Å². The van der Waals surface area contributed by atoms with Gasteiger partial charge in [0.2, 0.25) is 11.8 Å². The van der Waals surface area contributed by atoms with Crippen LogP contribution < -0.4 is 10.1 Å². The van der Waals surface area contributed by atoms with Crippen LogP contribution in [0.5, 0.6) is 5.75 Å². The second kappa shape index (κ2) is 7.33. The summed E-state index contributed by atoms with van der Waals surface area (Å²) in [4.78, 5) is 25.9. The molecule has 0 radical (unpaired) electrons. The van der Waals surface area contributed by atoms with Crippen LogP contribution in [-0.4, -0.2) is 42.1 Å². The third kappa shape index (κ3) is 3.39. The number of nitrogens with one attached hydrogen (secondary N) is 2. The standard InChI is InChI=1S/C20H23F2N3O3/c1-11-8-14(4-5-16(11)28-9-17(21)22)12(2)25-10-20(19(23)24-13(3)26)7-6-15(20)18(25)27/h4-8,12,15,17H,9-10H2,1-3H3,(H2,23,24,26)/t12?,15?,20-/m0/s1. The summed E-state index contributed by atoms with van der Waals surface area (Å²) in [5.74, 6) is -0.477. The highest BCUT2D eigenvalue weighted by atomic mass is 19.3. The molecule has 1 aromatic rings. The lowest BCUT2D eigenvalue weighted by molar-refractivity contribution is -0.132. The number of nitrogens with zero attached hydrogens (tertiary/aromatic N) is 1. The maximum atomic E-state index is 12.9.